The van der Waals surface area contributed by atoms with Gasteiger partial charge in [-0.2, -0.15) is 0 Å². The van der Waals surface area contributed by atoms with Gasteiger partial charge in [-0.1, -0.05) is 19.8 Å². The molecule has 1 saturated heterocycles. The standard InChI is InChI=1S/C21H27N3O4S/c1-12-6-7-16-13(10-12)11-17(29-16)19(26)23-22-18(25)8-9-24-20(27)14-4-2-3-5-15(14)21(24)28/h11-12,14-15H,2-10H2,1H3,(H,22,25)(H,23,26)/t12-,14-,15+/m0/s1. The quantitative estimate of drug-likeness (QED) is 0.580. The van der Waals surface area contributed by atoms with Gasteiger partial charge in [-0.25, -0.2) is 0 Å². The number of nitrogens with one attached hydrogen (secondary N) is 2. The molecule has 3 aliphatic rings. The fraction of sp³-hybridized carbons (Fsp3) is 0.619. The monoisotopic (exact) mass is 417 g/mol. The lowest BCUT2D eigenvalue weighted by molar-refractivity contribution is -0.140. The molecular formula is C21H27N3O4S. The predicted molar refractivity (Wildman–Crippen MR) is 108 cm³/mol. The molecule has 4 amide bonds. The van der Waals surface area contributed by atoms with E-state index in [1.807, 2.05) is 6.07 Å². The van der Waals surface area contributed by atoms with E-state index in [0.29, 0.717) is 10.8 Å². The predicted octanol–water partition coefficient (Wildman–Crippen LogP) is 2.20. The van der Waals surface area contributed by atoms with Crippen LogP contribution >= 0.6 is 11.3 Å². The molecule has 0 bridgehead atoms. The summed E-state index contributed by atoms with van der Waals surface area (Å²) in [5.74, 6) is -0.802. The van der Waals surface area contributed by atoms with Crippen molar-refractivity contribution in [3.8, 4) is 0 Å². The Balaban J connectivity index is 1.26. The molecule has 4 rings (SSSR count). The van der Waals surface area contributed by atoms with E-state index in [2.05, 4.69) is 17.8 Å². The van der Waals surface area contributed by atoms with Crippen molar-refractivity contribution in [2.45, 2.75) is 58.3 Å². The maximum atomic E-state index is 12.4. The highest BCUT2D eigenvalue weighted by molar-refractivity contribution is 7.14. The molecule has 8 heteroatoms. The van der Waals surface area contributed by atoms with Crippen molar-refractivity contribution in [3.63, 3.8) is 0 Å². The number of carbonyl (C=O) groups excluding carboxylic acids is 4. The van der Waals surface area contributed by atoms with Gasteiger partial charge in [0.05, 0.1) is 16.7 Å². The van der Waals surface area contributed by atoms with E-state index in [1.54, 1.807) is 0 Å². The fourth-order valence-electron chi connectivity index (χ4n) is 4.73. The maximum absolute atomic E-state index is 12.4. The van der Waals surface area contributed by atoms with E-state index in [1.165, 1.54) is 26.7 Å². The van der Waals surface area contributed by atoms with Crippen LogP contribution in [0.15, 0.2) is 6.07 Å². The molecule has 2 heterocycles. The maximum Gasteiger partial charge on any atom is 0.279 e. The summed E-state index contributed by atoms with van der Waals surface area (Å²) in [6, 6.07) is 1.92. The molecule has 1 aromatic heterocycles. The number of thiophene rings is 1. The molecule has 1 aromatic rings. The zero-order valence-electron chi connectivity index (χ0n) is 16.7. The van der Waals surface area contributed by atoms with E-state index in [4.69, 9.17) is 0 Å². The third kappa shape index (κ3) is 4.08. The molecule has 0 unspecified atom stereocenters. The van der Waals surface area contributed by atoms with Crippen molar-refractivity contribution in [1.82, 2.24) is 15.8 Å². The highest BCUT2D eigenvalue weighted by atomic mass is 32.1. The summed E-state index contributed by atoms with van der Waals surface area (Å²) >= 11 is 1.48. The van der Waals surface area contributed by atoms with Crippen LogP contribution in [0.1, 0.15) is 65.6 Å². The molecule has 0 spiro atoms. The second-order valence-corrected chi connectivity index (χ2v) is 9.62. The lowest BCUT2D eigenvalue weighted by Crippen LogP contribution is -2.43. The first-order chi connectivity index (χ1) is 13.9. The normalized spacial score (nSPS) is 26.1. The summed E-state index contributed by atoms with van der Waals surface area (Å²) in [4.78, 5) is 52.4. The van der Waals surface area contributed by atoms with Gasteiger partial charge in [-0.05, 0) is 49.7 Å². The minimum Gasteiger partial charge on any atom is -0.282 e. The van der Waals surface area contributed by atoms with Crippen molar-refractivity contribution >= 4 is 35.0 Å². The molecule has 2 fully saturated rings. The van der Waals surface area contributed by atoms with Gasteiger partial charge in [0.2, 0.25) is 17.7 Å². The van der Waals surface area contributed by atoms with Gasteiger partial charge in [0.15, 0.2) is 0 Å². The van der Waals surface area contributed by atoms with Crippen molar-refractivity contribution in [2.75, 3.05) is 6.54 Å². The molecular weight excluding hydrogens is 390 g/mol. The minimum atomic E-state index is -0.413. The van der Waals surface area contributed by atoms with Crippen molar-refractivity contribution in [1.29, 1.82) is 0 Å². The minimum absolute atomic E-state index is 0.0182. The fourth-order valence-corrected chi connectivity index (χ4v) is 5.84. The molecule has 7 nitrogen and oxygen atoms in total. The van der Waals surface area contributed by atoms with Crippen LogP contribution in [0.25, 0.3) is 0 Å². The van der Waals surface area contributed by atoms with Gasteiger partial charge in [0.25, 0.3) is 5.91 Å². The highest BCUT2D eigenvalue weighted by Crippen LogP contribution is 2.38. The smallest absolute Gasteiger partial charge is 0.279 e. The number of rotatable bonds is 4. The molecule has 0 aromatic carbocycles. The van der Waals surface area contributed by atoms with E-state index in [-0.39, 0.29) is 42.5 Å². The number of amides is 4. The van der Waals surface area contributed by atoms with Crippen molar-refractivity contribution in [2.24, 2.45) is 17.8 Å². The van der Waals surface area contributed by atoms with Crippen molar-refractivity contribution < 1.29 is 19.2 Å². The number of imide groups is 1. The highest BCUT2D eigenvalue weighted by Gasteiger charge is 2.47. The van der Waals surface area contributed by atoms with Gasteiger partial charge >= 0.3 is 0 Å². The van der Waals surface area contributed by atoms with Gasteiger partial charge in [0, 0.05) is 17.8 Å². The average molecular weight is 418 g/mol. The lowest BCUT2D eigenvalue weighted by atomic mass is 9.81. The topological polar surface area (TPSA) is 95.6 Å². The van der Waals surface area contributed by atoms with E-state index in [0.717, 1.165) is 44.9 Å². The number of hydrogen-bond acceptors (Lipinski definition) is 5. The summed E-state index contributed by atoms with van der Waals surface area (Å²) in [5.41, 5.74) is 6.09. The van der Waals surface area contributed by atoms with Crippen LogP contribution in [0, 0.1) is 17.8 Å². The molecule has 0 radical (unpaired) electrons. The summed E-state index contributed by atoms with van der Waals surface area (Å²) in [7, 11) is 0. The Labute approximate surface area is 174 Å². The van der Waals surface area contributed by atoms with E-state index in [9.17, 15) is 19.2 Å². The number of fused-ring (bicyclic) bond motifs is 2. The molecule has 1 saturated carbocycles. The number of hydrogen-bond donors (Lipinski definition) is 2. The molecule has 2 aliphatic carbocycles. The Hall–Kier alpha value is -2.22. The lowest BCUT2D eigenvalue weighted by Gasteiger charge is -2.19. The molecule has 3 atom stereocenters. The Morgan fingerprint density at radius 2 is 1.79 bits per heavy atom. The first-order valence-electron chi connectivity index (χ1n) is 10.5. The Morgan fingerprint density at radius 1 is 1.10 bits per heavy atom. The van der Waals surface area contributed by atoms with Gasteiger partial charge in [-0.15, -0.1) is 11.3 Å². The number of likely N-dealkylation sites (tertiary alicyclic amines) is 1. The zero-order chi connectivity index (χ0) is 20.5. The SMILES string of the molecule is C[C@H]1CCc2sc(C(=O)NNC(=O)CCN3C(=O)[C@H]4CCCC[C@H]4C3=O)cc2C1. The Kier molecular flexibility index (Phi) is 5.72. The number of carbonyl (C=O) groups is 4. The van der Waals surface area contributed by atoms with Crippen LogP contribution in [-0.4, -0.2) is 35.1 Å². The van der Waals surface area contributed by atoms with E-state index < -0.39 is 5.91 Å². The summed E-state index contributed by atoms with van der Waals surface area (Å²) < 4.78 is 0. The number of hydrazine groups is 1. The molecule has 29 heavy (non-hydrogen) atoms. The summed E-state index contributed by atoms with van der Waals surface area (Å²) in [6.45, 7) is 2.28. The molecule has 156 valence electrons. The van der Waals surface area contributed by atoms with Crippen LogP contribution in [0.2, 0.25) is 0 Å². The molecule has 2 N–H and O–H groups in total. The zero-order valence-corrected chi connectivity index (χ0v) is 17.5. The second kappa shape index (κ2) is 8.26. The molecule has 1 aliphatic heterocycles. The van der Waals surface area contributed by atoms with Gasteiger partial charge in [0.1, 0.15) is 0 Å². The summed E-state index contributed by atoms with van der Waals surface area (Å²) in [5, 5.41) is 0. The Bertz CT molecular complexity index is 825. The third-order valence-electron chi connectivity index (χ3n) is 6.36. The average Bonchev–Trinajstić information content (AvgIpc) is 3.24. The summed E-state index contributed by atoms with van der Waals surface area (Å²) in [6.07, 6.45) is 6.59. The second-order valence-electron chi connectivity index (χ2n) is 8.48. The largest absolute Gasteiger partial charge is 0.282 e. The first-order valence-corrected chi connectivity index (χ1v) is 11.3. The number of nitrogens with zero attached hydrogens (tertiary/aromatic N) is 1. The van der Waals surface area contributed by atoms with Crippen LogP contribution < -0.4 is 10.9 Å². The van der Waals surface area contributed by atoms with Gasteiger partial charge in [-0.3, -0.25) is 34.9 Å². The number of aryl methyl sites for hydroxylation is 1. The van der Waals surface area contributed by atoms with Crippen LogP contribution in [-0.2, 0) is 27.2 Å². The third-order valence-corrected chi connectivity index (χ3v) is 7.60. The van der Waals surface area contributed by atoms with Crippen molar-refractivity contribution in [3.05, 3.63) is 21.4 Å². The Morgan fingerprint density at radius 3 is 2.48 bits per heavy atom. The van der Waals surface area contributed by atoms with Gasteiger partial charge < -0.3 is 0 Å². The first kappa shape index (κ1) is 20.1. The van der Waals surface area contributed by atoms with Crippen LogP contribution in [0.3, 0.4) is 0 Å². The van der Waals surface area contributed by atoms with Crippen LogP contribution in [0.4, 0.5) is 0 Å². The van der Waals surface area contributed by atoms with Crippen LogP contribution in [0.5, 0.6) is 0 Å². The van der Waals surface area contributed by atoms with E-state index >= 15 is 0 Å².